The van der Waals surface area contributed by atoms with Gasteiger partial charge in [0.05, 0.1) is 0 Å². The summed E-state index contributed by atoms with van der Waals surface area (Å²) in [6.45, 7) is 21.0. The van der Waals surface area contributed by atoms with Crippen molar-refractivity contribution in [2.24, 2.45) is 11.3 Å². The molecule has 0 heterocycles. The Kier molecular flexibility index (Phi) is 7.64. The lowest BCUT2D eigenvalue weighted by molar-refractivity contribution is 0.363. The highest BCUT2D eigenvalue weighted by Gasteiger charge is 2.38. The van der Waals surface area contributed by atoms with Crippen LogP contribution in [0.3, 0.4) is 0 Å². The molecule has 6 rings (SSSR count). The van der Waals surface area contributed by atoms with Crippen LogP contribution in [-0.2, 0) is 23.7 Å². The third-order valence-corrected chi connectivity index (χ3v) is 10.1. The van der Waals surface area contributed by atoms with Gasteiger partial charge in [0, 0.05) is 5.41 Å². The summed E-state index contributed by atoms with van der Waals surface area (Å²) >= 11 is 0. The molecule has 2 aliphatic rings. The summed E-state index contributed by atoms with van der Waals surface area (Å²) < 4.78 is 0. The molecule has 0 nitrogen and oxygen atoms in total. The van der Waals surface area contributed by atoms with Gasteiger partial charge in [-0.3, -0.25) is 0 Å². The van der Waals surface area contributed by atoms with Crippen molar-refractivity contribution in [2.75, 3.05) is 0 Å². The highest BCUT2D eigenvalue weighted by Crippen LogP contribution is 2.51. The Morgan fingerprint density at radius 1 is 0.523 bits per heavy atom. The molecule has 0 fully saturated rings. The molecule has 0 atom stereocenters. The Balaban J connectivity index is 1.38. The summed E-state index contributed by atoms with van der Waals surface area (Å²) in [6, 6.07) is 32.4. The molecule has 0 saturated heterocycles. The van der Waals surface area contributed by atoms with Crippen molar-refractivity contribution in [2.45, 2.75) is 92.4 Å². The fourth-order valence-corrected chi connectivity index (χ4v) is 7.53. The first-order valence-corrected chi connectivity index (χ1v) is 16.6. The van der Waals surface area contributed by atoms with E-state index in [-0.39, 0.29) is 16.2 Å². The second kappa shape index (κ2) is 11.1. The number of allylic oxidation sites excluding steroid dienone is 2. The average Bonchev–Trinajstić information content (AvgIpc) is 3.61. The van der Waals surface area contributed by atoms with Crippen LogP contribution in [0.4, 0.5) is 0 Å². The van der Waals surface area contributed by atoms with Crippen LogP contribution < -0.4 is 0 Å². The number of hydrogen-bond donors (Lipinski definition) is 0. The fraction of sp³-hybridized carbons (Fsp3) is 0.364. The van der Waals surface area contributed by atoms with E-state index in [0.717, 1.165) is 19.3 Å². The first kappa shape index (κ1) is 30.4. The lowest BCUT2D eigenvalue weighted by Gasteiger charge is -2.35. The van der Waals surface area contributed by atoms with Crippen LogP contribution in [0.1, 0.15) is 102 Å². The number of fused-ring (bicyclic) bond motifs is 2. The van der Waals surface area contributed by atoms with Gasteiger partial charge in [0.25, 0.3) is 0 Å². The zero-order valence-electron chi connectivity index (χ0n) is 28.4. The molecule has 0 heteroatoms. The standard InChI is InChI=1S/C44H50/c1-29(2)28-44(9,36-24-32-12-10-14-38(40(32)26-36)30-16-20-34(21-17-30)42(3,4)5)37-25-33-13-11-15-39(41(33)27-37)31-18-22-35(23-19-31)43(6,7)8/h10-23,26-27,29H,24-25,28H2,1-9H3. The SMILES string of the molecule is CC(C)CC(C)(C1=Cc2c(cccc2-c2ccc(C(C)(C)C)cc2)C1)C1=Cc2c(cccc2-c2ccc(C(C)(C)C)cc2)C1. The van der Waals surface area contributed by atoms with Crippen molar-refractivity contribution < 1.29 is 0 Å². The zero-order chi connectivity index (χ0) is 31.4. The smallest absolute Gasteiger partial charge is 0.0108 e. The van der Waals surface area contributed by atoms with Crippen molar-refractivity contribution in [3.63, 3.8) is 0 Å². The predicted molar refractivity (Wildman–Crippen MR) is 192 cm³/mol. The predicted octanol–water partition coefficient (Wildman–Crippen LogP) is 12.2. The normalized spacial score (nSPS) is 14.9. The van der Waals surface area contributed by atoms with Crippen molar-refractivity contribution in [1.29, 1.82) is 0 Å². The number of hydrogen-bond acceptors (Lipinski definition) is 0. The van der Waals surface area contributed by atoms with Crippen LogP contribution in [0.5, 0.6) is 0 Å². The summed E-state index contributed by atoms with van der Waals surface area (Å²) in [4.78, 5) is 0. The van der Waals surface area contributed by atoms with Gasteiger partial charge >= 0.3 is 0 Å². The summed E-state index contributed by atoms with van der Waals surface area (Å²) in [5.41, 5.74) is 17.3. The number of rotatable bonds is 6. The lowest BCUT2D eigenvalue weighted by atomic mass is 9.69. The molecule has 2 aliphatic carbocycles. The Labute approximate surface area is 267 Å². The zero-order valence-corrected chi connectivity index (χ0v) is 28.4. The van der Waals surface area contributed by atoms with Crippen molar-refractivity contribution >= 4 is 12.2 Å². The van der Waals surface area contributed by atoms with E-state index in [4.69, 9.17) is 0 Å². The van der Waals surface area contributed by atoms with Gasteiger partial charge in [-0.15, -0.1) is 0 Å². The maximum Gasteiger partial charge on any atom is 0.0108 e. The van der Waals surface area contributed by atoms with Gasteiger partial charge in [-0.25, -0.2) is 0 Å². The fourth-order valence-electron chi connectivity index (χ4n) is 7.53. The minimum absolute atomic E-state index is 0.00688. The molecule has 0 radical (unpaired) electrons. The van der Waals surface area contributed by atoms with E-state index in [1.54, 1.807) is 11.1 Å². The van der Waals surface area contributed by atoms with E-state index < -0.39 is 0 Å². The molecule has 0 amide bonds. The molecule has 0 spiro atoms. The van der Waals surface area contributed by atoms with Gasteiger partial charge in [0.2, 0.25) is 0 Å². The van der Waals surface area contributed by atoms with E-state index >= 15 is 0 Å². The molecule has 4 aromatic carbocycles. The second-order valence-electron chi connectivity index (χ2n) is 16.0. The lowest BCUT2D eigenvalue weighted by Crippen LogP contribution is -2.25. The minimum atomic E-state index is 0.00688. The Morgan fingerprint density at radius 2 is 0.909 bits per heavy atom. The minimum Gasteiger partial charge on any atom is -0.0627 e. The highest BCUT2D eigenvalue weighted by molar-refractivity contribution is 5.84. The second-order valence-corrected chi connectivity index (χ2v) is 16.0. The van der Waals surface area contributed by atoms with Crippen LogP contribution in [0.2, 0.25) is 0 Å². The molecular formula is C44H50. The van der Waals surface area contributed by atoms with Gasteiger partial charge in [-0.05, 0) is 91.6 Å². The van der Waals surface area contributed by atoms with Gasteiger partial charge in [-0.1, -0.05) is 171 Å². The van der Waals surface area contributed by atoms with Gasteiger partial charge in [0.15, 0.2) is 0 Å². The van der Waals surface area contributed by atoms with Crippen LogP contribution in [-0.4, -0.2) is 0 Å². The van der Waals surface area contributed by atoms with E-state index in [2.05, 4.69) is 159 Å². The van der Waals surface area contributed by atoms with Crippen molar-refractivity contribution in [1.82, 2.24) is 0 Å². The summed E-state index contributed by atoms with van der Waals surface area (Å²) in [7, 11) is 0. The van der Waals surface area contributed by atoms with Crippen LogP contribution >= 0.6 is 0 Å². The quantitative estimate of drug-likeness (QED) is 0.213. The monoisotopic (exact) mass is 578 g/mol. The topological polar surface area (TPSA) is 0 Å². The Bertz CT molecular complexity index is 1610. The van der Waals surface area contributed by atoms with E-state index in [9.17, 15) is 0 Å². The molecule has 44 heavy (non-hydrogen) atoms. The molecule has 4 aromatic rings. The van der Waals surface area contributed by atoms with Gasteiger partial charge in [-0.2, -0.15) is 0 Å². The van der Waals surface area contributed by atoms with Crippen LogP contribution in [0.25, 0.3) is 34.4 Å². The summed E-state index contributed by atoms with van der Waals surface area (Å²) in [5, 5.41) is 0. The maximum absolute atomic E-state index is 2.56. The molecule has 0 aromatic heterocycles. The first-order valence-electron chi connectivity index (χ1n) is 16.6. The molecule has 0 N–H and O–H groups in total. The average molecular weight is 579 g/mol. The Hall–Kier alpha value is -3.64. The number of benzene rings is 4. The molecule has 0 unspecified atom stereocenters. The maximum atomic E-state index is 2.56. The summed E-state index contributed by atoms with van der Waals surface area (Å²) in [6.07, 6.45) is 8.32. The van der Waals surface area contributed by atoms with Crippen molar-refractivity contribution in [3.05, 3.63) is 129 Å². The third kappa shape index (κ3) is 5.65. The molecular weight excluding hydrogens is 528 g/mol. The van der Waals surface area contributed by atoms with E-state index in [0.29, 0.717) is 5.92 Å². The van der Waals surface area contributed by atoms with E-state index in [1.807, 2.05) is 0 Å². The highest BCUT2D eigenvalue weighted by atomic mass is 14.4. The Morgan fingerprint density at radius 3 is 1.25 bits per heavy atom. The molecule has 0 bridgehead atoms. The largest absolute Gasteiger partial charge is 0.0627 e. The first-order chi connectivity index (χ1) is 20.7. The molecule has 0 saturated carbocycles. The van der Waals surface area contributed by atoms with Crippen molar-refractivity contribution in [3.8, 4) is 22.3 Å². The van der Waals surface area contributed by atoms with Crippen LogP contribution in [0.15, 0.2) is 96.1 Å². The molecule has 0 aliphatic heterocycles. The summed E-state index contributed by atoms with van der Waals surface area (Å²) in [5.74, 6) is 0.600. The third-order valence-electron chi connectivity index (χ3n) is 10.1. The van der Waals surface area contributed by atoms with Gasteiger partial charge < -0.3 is 0 Å². The molecule has 226 valence electrons. The van der Waals surface area contributed by atoms with Crippen LogP contribution in [0, 0.1) is 11.3 Å². The van der Waals surface area contributed by atoms with Gasteiger partial charge in [0.1, 0.15) is 0 Å². The van der Waals surface area contributed by atoms with E-state index in [1.165, 1.54) is 55.6 Å².